The summed E-state index contributed by atoms with van der Waals surface area (Å²) >= 11 is 0. The largest absolute Gasteiger partial charge is 0.488 e. The molecule has 1 heterocycles. The van der Waals surface area contributed by atoms with Crippen molar-refractivity contribution in [1.82, 2.24) is 15.1 Å². The molecule has 8 nitrogen and oxygen atoms in total. The lowest BCUT2D eigenvalue weighted by molar-refractivity contribution is -0.134. The molecular weight excluding hydrogens is 384 g/mol. The Bertz CT molecular complexity index is 738. The number of aliphatic hydroxyl groups excluding tert-OH is 1. The lowest BCUT2D eigenvalue weighted by Crippen LogP contribution is -2.47. The van der Waals surface area contributed by atoms with Crippen LogP contribution in [0.5, 0.6) is 5.75 Å². The maximum Gasteiger partial charge on any atom is 0.319 e. The standard InChI is InChI=1S/C22H36N4O4/c1-14(2)23-22(29)24-18-7-8-19-17(9-18)10-21(28)26(16(4)13-27)11-15(3)20(30-19)12-25(5)6/h7-9,14-16,20,27H,10-13H2,1-6H3,(H2,23,24,29)/t15-,16+,20-/m0/s1. The van der Waals surface area contributed by atoms with Gasteiger partial charge in [0.25, 0.3) is 0 Å². The molecule has 0 spiro atoms. The quantitative estimate of drug-likeness (QED) is 0.654. The molecule has 168 valence electrons. The van der Waals surface area contributed by atoms with E-state index in [-0.39, 0.29) is 49.1 Å². The van der Waals surface area contributed by atoms with Crippen molar-refractivity contribution in [2.45, 2.75) is 52.3 Å². The topological polar surface area (TPSA) is 94.1 Å². The molecule has 0 aromatic heterocycles. The van der Waals surface area contributed by atoms with Gasteiger partial charge in [0.15, 0.2) is 0 Å². The number of nitrogens with zero attached hydrogens (tertiary/aromatic N) is 2. The highest BCUT2D eigenvalue weighted by molar-refractivity contribution is 5.90. The number of rotatable bonds is 6. The van der Waals surface area contributed by atoms with Crippen LogP contribution in [0, 0.1) is 5.92 Å². The van der Waals surface area contributed by atoms with E-state index in [4.69, 9.17) is 4.74 Å². The van der Waals surface area contributed by atoms with E-state index in [0.29, 0.717) is 24.5 Å². The number of hydrogen-bond acceptors (Lipinski definition) is 5. The summed E-state index contributed by atoms with van der Waals surface area (Å²) < 4.78 is 6.36. The molecule has 1 aliphatic rings. The molecule has 0 saturated heterocycles. The Morgan fingerprint density at radius 2 is 2.03 bits per heavy atom. The number of benzene rings is 1. The smallest absolute Gasteiger partial charge is 0.319 e. The number of amides is 3. The van der Waals surface area contributed by atoms with Crippen molar-refractivity contribution >= 4 is 17.6 Å². The lowest BCUT2D eigenvalue weighted by atomic mass is 10.0. The predicted molar refractivity (Wildman–Crippen MR) is 118 cm³/mol. The third-order valence-electron chi connectivity index (χ3n) is 5.14. The van der Waals surface area contributed by atoms with Crippen LogP contribution in [0.3, 0.4) is 0 Å². The molecule has 1 aromatic rings. The van der Waals surface area contributed by atoms with Crippen LogP contribution in [0.4, 0.5) is 10.5 Å². The highest BCUT2D eigenvalue weighted by Gasteiger charge is 2.30. The molecule has 0 aliphatic carbocycles. The van der Waals surface area contributed by atoms with Crippen LogP contribution < -0.4 is 15.4 Å². The van der Waals surface area contributed by atoms with Crippen LogP contribution in [0.2, 0.25) is 0 Å². The van der Waals surface area contributed by atoms with Crippen LogP contribution in [0.25, 0.3) is 0 Å². The molecule has 3 N–H and O–H groups in total. The number of anilines is 1. The van der Waals surface area contributed by atoms with E-state index < -0.39 is 0 Å². The zero-order valence-electron chi connectivity index (χ0n) is 18.9. The summed E-state index contributed by atoms with van der Waals surface area (Å²) in [6, 6.07) is 4.83. The SMILES string of the molecule is CC(C)NC(=O)Nc1ccc2c(c1)CC(=O)N([C@H](C)CO)C[C@H](C)[C@H](CN(C)C)O2. The van der Waals surface area contributed by atoms with Gasteiger partial charge in [-0.15, -0.1) is 0 Å². The molecule has 1 aromatic carbocycles. The zero-order chi connectivity index (χ0) is 22.4. The molecule has 0 saturated carbocycles. The number of nitrogens with one attached hydrogen (secondary N) is 2. The van der Waals surface area contributed by atoms with Crippen molar-refractivity contribution in [3.8, 4) is 5.75 Å². The number of urea groups is 1. The maximum absolute atomic E-state index is 13.1. The highest BCUT2D eigenvalue weighted by Crippen LogP contribution is 2.29. The molecule has 3 atom stereocenters. The molecule has 0 radical (unpaired) electrons. The normalized spacial score (nSPS) is 20.7. The second kappa shape index (κ2) is 10.6. The molecule has 8 heteroatoms. The fourth-order valence-electron chi connectivity index (χ4n) is 3.51. The Hall–Kier alpha value is -2.32. The molecule has 30 heavy (non-hydrogen) atoms. The molecule has 1 aliphatic heterocycles. The number of carbonyl (C=O) groups excluding carboxylic acids is 2. The second-order valence-electron chi connectivity index (χ2n) is 8.73. The third kappa shape index (κ3) is 6.60. The van der Waals surface area contributed by atoms with Crippen molar-refractivity contribution in [2.75, 3.05) is 39.1 Å². The van der Waals surface area contributed by atoms with Crippen molar-refractivity contribution in [2.24, 2.45) is 5.92 Å². The van der Waals surface area contributed by atoms with E-state index in [0.717, 1.165) is 5.56 Å². The fourth-order valence-corrected chi connectivity index (χ4v) is 3.51. The van der Waals surface area contributed by atoms with Gasteiger partial charge in [0, 0.05) is 36.3 Å². The Morgan fingerprint density at radius 3 is 2.63 bits per heavy atom. The lowest BCUT2D eigenvalue weighted by Gasteiger charge is -2.33. The van der Waals surface area contributed by atoms with E-state index in [2.05, 4.69) is 22.5 Å². The second-order valence-corrected chi connectivity index (χ2v) is 8.73. The van der Waals surface area contributed by atoms with Crippen molar-refractivity contribution in [3.63, 3.8) is 0 Å². The summed E-state index contributed by atoms with van der Waals surface area (Å²) in [4.78, 5) is 28.9. The first kappa shape index (κ1) is 24.0. The number of fused-ring (bicyclic) bond motifs is 1. The number of hydrogen-bond donors (Lipinski definition) is 3. The Balaban J connectivity index is 2.37. The van der Waals surface area contributed by atoms with Crippen LogP contribution in [0.15, 0.2) is 18.2 Å². The third-order valence-corrected chi connectivity index (χ3v) is 5.14. The van der Waals surface area contributed by atoms with Crippen molar-refractivity contribution in [1.29, 1.82) is 0 Å². The average molecular weight is 421 g/mol. The highest BCUT2D eigenvalue weighted by atomic mass is 16.5. The van der Waals surface area contributed by atoms with Gasteiger partial charge in [-0.2, -0.15) is 0 Å². The minimum Gasteiger partial charge on any atom is -0.488 e. The Kier molecular flexibility index (Phi) is 8.49. The minimum absolute atomic E-state index is 0.0181. The van der Waals surface area contributed by atoms with E-state index in [9.17, 15) is 14.7 Å². The van der Waals surface area contributed by atoms with Gasteiger partial charge < -0.3 is 30.3 Å². The molecule has 0 bridgehead atoms. The zero-order valence-corrected chi connectivity index (χ0v) is 18.9. The number of ether oxygens (including phenoxy) is 1. The molecule has 0 fully saturated rings. The Morgan fingerprint density at radius 1 is 1.33 bits per heavy atom. The summed E-state index contributed by atoms with van der Waals surface area (Å²) in [5, 5.41) is 15.3. The van der Waals surface area contributed by atoms with Crippen molar-refractivity contribution < 1.29 is 19.4 Å². The summed E-state index contributed by atoms with van der Waals surface area (Å²) in [7, 11) is 3.98. The summed E-state index contributed by atoms with van der Waals surface area (Å²) in [5.74, 6) is 0.656. The van der Waals surface area contributed by atoms with E-state index >= 15 is 0 Å². The van der Waals surface area contributed by atoms with E-state index in [1.807, 2.05) is 40.9 Å². The van der Waals surface area contributed by atoms with Crippen LogP contribution in [0.1, 0.15) is 33.3 Å². The monoisotopic (exact) mass is 420 g/mol. The minimum atomic E-state index is -0.296. The van der Waals surface area contributed by atoms with Crippen LogP contribution in [-0.4, -0.2) is 78.8 Å². The van der Waals surface area contributed by atoms with Gasteiger partial charge in [0.2, 0.25) is 5.91 Å². The summed E-state index contributed by atoms with van der Waals surface area (Å²) in [5.41, 5.74) is 1.32. The summed E-state index contributed by atoms with van der Waals surface area (Å²) in [6.45, 7) is 8.80. The molecule has 2 rings (SSSR count). The fraction of sp³-hybridized carbons (Fsp3) is 0.636. The van der Waals surface area contributed by atoms with Crippen molar-refractivity contribution in [3.05, 3.63) is 23.8 Å². The van der Waals surface area contributed by atoms with Gasteiger partial charge in [-0.25, -0.2) is 4.79 Å². The van der Waals surface area contributed by atoms with E-state index in [1.54, 1.807) is 17.0 Å². The molecule has 3 amide bonds. The molecule has 0 unspecified atom stereocenters. The number of carbonyl (C=O) groups is 2. The predicted octanol–water partition coefficient (Wildman–Crippen LogP) is 1.93. The van der Waals surface area contributed by atoms with Gasteiger partial charge in [0.05, 0.1) is 19.1 Å². The first-order chi connectivity index (χ1) is 14.1. The van der Waals surface area contributed by atoms with Gasteiger partial charge in [-0.1, -0.05) is 6.92 Å². The number of likely N-dealkylation sites (N-methyl/N-ethyl adjacent to an activating group) is 1. The van der Waals surface area contributed by atoms with Crippen LogP contribution in [-0.2, 0) is 11.2 Å². The van der Waals surface area contributed by atoms with Crippen LogP contribution >= 0.6 is 0 Å². The summed E-state index contributed by atoms with van der Waals surface area (Å²) in [6.07, 6.45) is 0.0173. The number of aliphatic hydroxyl groups is 1. The maximum atomic E-state index is 13.1. The Labute approximate surface area is 179 Å². The van der Waals surface area contributed by atoms with E-state index in [1.165, 1.54) is 0 Å². The average Bonchev–Trinajstić information content (AvgIpc) is 2.69. The first-order valence-corrected chi connectivity index (χ1v) is 10.5. The van der Waals surface area contributed by atoms with Gasteiger partial charge in [-0.05, 0) is 53.1 Å². The van der Waals surface area contributed by atoms with Gasteiger partial charge in [-0.3, -0.25) is 4.79 Å². The molecular formula is C22H36N4O4. The van der Waals surface area contributed by atoms with Gasteiger partial charge >= 0.3 is 6.03 Å². The van der Waals surface area contributed by atoms with Gasteiger partial charge in [0.1, 0.15) is 11.9 Å². The first-order valence-electron chi connectivity index (χ1n) is 10.5.